The minimum atomic E-state index is -0.485. The fraction of sp³-hybridized carbons (Fsp3) is 0. The summed E-state index contributed by atoms with van der Waals surface area (Å²) in [7, 11) is 0. The topological polar surface area (TPSA) is 0 Å². The van der Waals surface area contributed by atoms with Gasteiger partial charge in [-0.3, -0.25) is 0 Å². The molecule has 66 valence electrons. The first-order valence-corrected chi connectivity index (χ1v) is 4.40. The van der Waals surface area contributed by atoms with Gasteiger partial charge >= 0.3 is 18.9 Å². The van der Waals surface area contributed by atoms with E-state index in [0.29, 0.717) is 10.8 Å². The third kappa shape index (κ3) is 1.92. The molecule has 0 N–H and O–H groups in total. The zero-order valence-corrected chi connectivity index (χ0v) is 8.96. The van der Waals surface area contributed by atoms with Crippen LogP contribution in [0.15, 0.2) is 24.3 Å². The van der Waals surface area contributed by atoms with E-state index in [1.54, 1.807) is 24.3 Å². The van der Waals surface area contributed by atoms with Gasteiger partial charge in [0.15, 0.2) is 0 Å². The van der Waals surface area contributed by atoms with Gasteiger partial charge in [-0.25, -0.2) is 4.39 Å². The van der Waals surface area contributed by atoms with E-state index in [4.69, 9.17) is 23.2 Å². The van der Waals surface area contributed by atoms with Gasteiger partial charge in [0.25, 0.3) is 0 Å². The zero-order chi connectivity index (χ0) is 9.42. The molecule has 0 fully saturated rings. The standard InChI is InChI=1S/C10H4Cl2F.Li/c11-8-5-6-3-1-2-4-7(6)10(13)9(8)12;/h1-4H;/q-1;+1. The van der Waals surface area contributed by atoms with Crippen molar-refractivity contribution in [3.8, 4) is 0 Å². The van der Waals surface area contributed by atoms with Gasteiger partial charge in [-0.2, -0.15) is 0 Å². The van der Waals surface area contributed by atoms with Gasteiger partial charge < -0.3 is 0 Å². The van der Waals surface area contributed by atoms with Crippen molar-refractivity contribution < 1.29 is 23.3 Å². The molecule has 0 unspecified atom stereocenters. The molecule has 2 aromatic rings. The van der Waals surface area contributed by atoms with Crippen molar-refractivity contribution in [3.63, 3.8) is 0 Å². The summed E-state index contributed by atoms with van der Waals surface area (Å²) in [5, 5.41) is 1.13. The van der Waals surface area contributed by atoms with E-state index in [1.165, 1.54) is 0 Å². The summed E-state index contributed by atoms with van der Waals surface area (Å²) in [6.07, 6.45) is 0. The fourth-order valence-electron chi connectivity index (χ4n) is 1.17. The molecule has 0 atom stereocenters. The number of benzene rings is 2. The normalized spacial score (nSPS) is 9.93. The van der Waals surface area contributed by atoms with E-state index in [0.717, 1.165) is 0 Å². The molecule has 0 aromatic heterocycles. The molecule has 4 heteroatoms. The van der Waals surface area contributed by atoms with Crippen LogP contribution in [0.25, 0.3) is 10.8 Å². The maximum atomic E-state index is 13.4. The Hall–Kier alpha value is -0.193. The van der Waals surface area contributed by atoms with Crippen molar-refractivity contribution in [2.24, 2.45) is 0 Å². The van der Waals surface area contributed by atoms with Crippen LogP contribution >= 0.6 is 23.2 Å². The van der Waals surface area contributed by atoms with E-state index in [-0.39, 0.29) is 28.9 Å². The van der Waals surface area contributed by atoms with Crippen molar-refractivity contribution in [1.29, 1.82) is 0 Å². The Labute approximate surface area is 103 Å². The molecule has 0 aliphatic heterocycles. The van der Waals surface area contributed by atoms with Crippen LogP contribution in [-0.4, -0.2) is 0 Å². The predicted molar refractivity (Wildman–Crippen MR) is 52.8 cm³/mol. The van der Waals surface area contributed by atoms with Gasteiger partial charge in [-0.05, 0) is 5.02 Å². The first-order chi connectivity index (χ1) is 6.20. The molecule has 0 amide bonds. The second-order valence-electron chi connectivity index (χ2n) is 2.61. The van der Waals surface area contributed by atoms with Crippen molar-refractivity contribution in [2.45, 2.75) is 0 Å². The Kier molecular flexibility index (Phi) is 3.86. The number of hydrogen-bond acceptors (Lipinski definition) is 0. The number of fused-ring (bicyclic) bond motifs is 1. The molecule has 0 bridgehead atoms. The molecule has 0 saturated carbocycles. The molecular formula is C10H4Cl2FLi. The minimum absolute atomic E-state index is 0. The first-order valence-electron chi connectivity index (χ1n) is 3.64. The fourth-order valence-corrected chi connectivity index (χ4v) is 1.51. The van der Waals surface area contributed by atoms with Crippen LogP contribution in [0.3, 0.4) is 0 Å². The molecular weight excluding hydrogens is 217 g/mol. The molecule has 0 nitrogen and oxygen atoms in total. The summed E-state index contributed by atoms with van der Waals surface area (Å²) in [6.45, 7) is 0. The molecule has 14 heavy (non-hydrogen) atoms. The summed E-state index contributed by atoms with van der Waals surface area (Å²) < 4.78 is 13.4. The third-order valence-electron chi connectivity index (χ3n) is 1.79. The SMILES string of the molecule is Fc1c(Cl)c(Cl)[c-]c2ccccc12.[Li+]. The van der Waals surface area contributed by atoms with Crippen LogP contribution < -0.4 is 18.9 Å². The Morgan fingerprint density at radius 3 is 2.50 bits per heavy atom. The predicted octanol–water partition coefficient (Wildman–Crippen LogP) is 1.09. The maximum absolute atomic E-state index is 13.4. The van der Waals surface area contributed by atoms with E-state index < -0.39 is 5.82 Å². The number of rotatable bonds is 0. The molecule has 0 spiro atoms. The van der Waals surface area contributed by atoms with Crippen LogP contribution in [0.1, 0.15) is 0 Å². The van der Waals surface area contributed by atoms with Crippen molar-refractivity contribution >= 4 is 34.0 Å². The van der Waals surface area contributed by atoms with Gasteiger partial charge in [0.05, 0.1) is 5.82 Å². The van der Waals surface area contributed by atoms with Crippen LogP contribution in [-0.2, 0) is 0 Å². The largest absolute Gasteiger partial charge is 1.00 e. The molecule has 2 aromatic carbocycles. The summed E-state index contributed by atoms with van der Waals surface area (Å²) >= 11 is 11.3. The van der Waals surface area contributed by atoms with Crippen LogP contribution in [0.2, 0.25) is 10.0 Å². The second kappa shape index (κ2) is 4.55. The monoisotopic (exact) mass is 220 g/mol. The van der Waals surface area contributed by atoms with Crippen molar-refractivity contribution in [2.75, 3.05) is 0 Å². The van der Waals surface area contributed by atoms with Gasteiger partial charge in [-0.1, -0.05) is 17.5 Å². The second-order valence-corrected chi connectivity index (χ2v) is 3.37. The molecule has 0 aliphatic rings. The van der Waals surface area contributed by atoms with E-state index in [9.17, 15) is 4.39 Å². The number of hydrogen-bond donors (Lipinski definition) is 0. The average molecular weight is 221 g/mol. The summed E-state index contributed by atoms with van der Waals surface area (Å²) in [5.41, 5.74) is 0. The molecule has 0 aliphatic carbocycles. The number of halogens is 3. The Balaban J connectivity index is 0.000000980. The first kappa shape index (κ1) is 11.9. The van der Waals surface area contributed by atoms with E-state index in [1.807, 2.05) is 0 Å². The maximum Gasteiger partial charge on any atom is 1.00 e. The third-order valence-corrected chi connectivity index (χ3v) is 2.53. The summed E-state index contributed by atoms with van der Waals surface area (Å²) in [5.74, 6) is -0.485. The van der Waals surface area contributed by atoms with Crippen LogP contribution in [0.5, 0.6) is 0 Å². The Morgan fingerprint density at radius 2 is 1.79 bits per heavy atom. The van der Waals surface area contributed by atoms with Gasteiger partial charge in [0.1, 0.15) is 0 Å². The zero-order valence-electron chi connectivity index (χ0n) is 7.44. The smallest absolute Gasteiger partial charge is 0.227 e. The van der Waals surface area contributed by atoms with Crippen LogP contribution in [0.4, 0.5) is 4.39 Å². The van der Waals surface area contributed by atoms with Gasteiger partial charge in [-0.15, -0.1) is 46.8 Å². The summed E-state index contributed by atoms with van der Waals surface area (Å²) in [6, 6.07) is 9.70. The Morgan fingerprint density at radius 1 is 1.14 bits per heavy atom. The van der Waals surface area contributed by atoms with Crippen molar-refractivity contribution in [1.82, 2.24) is 0 Å². The average Bonchev–Trinajstić information content (AvgIpc) is 2.15. The van der Waals surface area contributed by atoms with Crippen LogP contribution in [0, 0.1) is 11.9 Å². The van der Waals surface area contributed by atoms with E-state index in [2.05, 4.69) is 6.07 Å². The molecule has 0 saturated heterocycles. The molecule has 0 heterocycles. The molecule has 0 radical (unpaired) electrons. The van der Waals surface area contributed by atoms with E-state index >= 15 is 0 Å². The van der Waals surface area contributed by atoms with Gasteiger partial charge in [0.2, 0.25) is 0 Å². The quantitative estimate of drug-likeness (QED) is 0.355. The van der Waals surface area contributed by atoms with Gasteiger partial charge in [0, 0.05) is 5.02 Å². The van der Waals surface area contributed by atoms with Crippen molar-refractivity contribution in [3.05, 3.63) is 46.2 Å². The molecule has 2 rings (SSSR count). The summed E-state index contributed by atoms with van der Waals surface area (Å²) in [4.78, 5) is 0. The Bertz CT molecular complexity index is 471. The minimum Gasteiger partial charge on any atom is -0.227 e.